The quantitative estimate of drug-likeness (QED) is 0.658. The van der Waals surface area contributed by atoms with Crippen LogP contribution in [0.2, 0.25) is 0 Å². The van der Waals surface area contributed by atoms with Gasteiger partial charge in [0.15, 0.2) is 5.78 Å². The van der Waals surface area contributed by atoms with E-state index in [0.717, 1.165) is 40.4 Å². The van der Waals surface area contributed by atoms with Gasteiger partial charge < -0.3 is 15.1 Å². The third-order valence-corrected chi connectivity index (χ3v) is 5.39. The lowest BCUT2D eigenvalue weighted by molar-refractivity contribution is -0.116. The lowest BCUT2D eigenvalue weighted by atomic mass is 9.80. The Hall–Kier alpha value is -3.27. The molecule has 0 saturated carbocycles. The van der Waals surface area contributed by atoms with Crippen LogP contribution >= 0.6 is 0 Å². The molecule has 4 heteroatoms. The Balaban J connectivity index is 1.63. The highest BCUT2D eigenvalue weighted by atomic mass is 16.3. The number of benzene rings is 2. The van der Waals surface area contributed by atoms with E-state index in [2.05, 4.69) is 22.8 Å². The molecule has 4 nitrogen and oxygen atoms in total. The molecular weight excluding hydrogens is 336 g/mol. The van der Waals surface area contributed by atoms with Crippen LogP contribution < -0.4 is 10.6 Å². The first-order valence-corrected chi connectivity index (χ1v) is 9.27. The van der Waals surface area contributed by atoms with Crippen molar-refractivity contribution in [1.82, 2.24) is 0 Å². The van der Waals surface area contributed by atoms with Crippen LogP contribution in [0.5, 0.6) is 0 Å². The zero-order valence-electron chi connectivity index (χ0n) is 14.8. The van der Waals surface area contributed by atoms with Crippen molar-refractivity contribution in [3.05, 3.63) is 95.6 Å². The van der Waals surface area contributed by atoms with Gasteiger partial charge in [-0.15, -0.1) is 0 Å². The van der Waals surface area contributed by atoms with Gasteiger partial charge in [-0.25, -0.2) is 0 Å². The number of para-hydroxylation sites is 2. The fourth-order valence-electron chi connectivity index (χ4n) is 4.11. The Kier molecular flexibility index (Phi) is 3.82. The first-order chi connectivity index (χ1) is 13.3. The number of allylic oxidation sites excluding steroid dienone is 1. The maximum atomic E-state index is 13.2. The second-order valence-corrected chi connectivity index (χ2v) is 7.09. The summed E-state index contributed by atoms with van der Waals surface area (Å²) >= 11 is 0. The van der Waals surface area contributed by atoms with E-state index >= 15 is 0 Å². The Morgan fingerprint density at radius 3 is 2.41 bits per heavy atom. The van der Waals surface area contributed by atoms with Crippen molar-refractivity contribution in [1.29, 1.82) is 0 Å². The average molecular weight is 356 g/mol. The maximum absolute atomic E-state index is 13.2. The summed E-state index contributed by atoms with van der Waals surface area (Å²) in [7, 11) is 0. The molecule has 0 unspecified atom stereocenters. The van der Waals surface area contributed by atoms with Gasteiger partial charge >= 0.3 is 0 Å². The van der Waals surface area contributed by atoms with Crippen molar-refractivity contribution in [3.63, 3.8) is 0 Å². The standard InChI is InChI=1S/C23H20N2O2/c26-20-14-16(21-11-6-12-27-21)13-19-22(20)23(15-7-2-1-3-8-15)25-18-10-5-4-9-17(18)24-19/h1-12,16,23-25H,13-14H2/t16-,23-/m1/s1. The van der Waals surface area contributed by atoms with Crippen LogP contribution in [0.4, 0.5) is 11.4 Å². The zero-order valence-corrected chi connectivity index (χ0v) is 14.8. The van der Waals surface area contributed by atoms with Gasteiger partial charge in [0.05, 0.1) is 23.7 Å². The zero-order chi connectivity index (χ0) is 18.2. The Bertz CT molecular complexity index is 1010. The minimum absolute atomic E-state index is 0.0698. The molecule has 3 aromatic rings. The molecule has 0 bridgehead atoms. The predicted molar refractivity (Wildman–Crippen MR) is 106 cm³/mol. The molecule has 0 spiro atoms. The lowest BCUT2D eigenvalue weighted by Gasteiger charge is -2.28. The third-order valence-electron chi connectivity index (χ3n) is 5.39. The molecular formula is C23H20N2O2. The van der Waals surface area contributed by atoms with E-state index in [9.17, 15) is 4.79 Å². The summed E-state index contributed by atoms with van der Waals surface area (Å²) < 4.78 is 5.60. The van der Waals surface area contributed by atoms with Gasteiger partial charge in [-0.3, -0.25) is 4.79 Å². The van der Waals surface area contributed by atoms with Gasteiger partial charge in [-0.1, -0.05) is 42.5 Å². The number of hydrogen-bond donors (Lipinski definition) is 2. The number of nitrogens with one attached hydrogen (secondary N) is 2. The Morgan fingerprint density at radius 1 is 0.852 bits per heavy atom. The average Bonchev–Trinajstić information content (AvgIpc) is 3.17. The predicted octanol–water partition coefficient (Wildman–Crippen LogP) is 5.26. The highest BCUT2D eigenvalue weighted by Crippen LogP contribution is 2.44. The fourth-order valence-corrected chi connectivity index (χ4v) is 4.11. The number of carbonyl (C=O) groups excluding carboxylic acids is 1. The van der Waals surface area contributed by atoms with Crippen molar-refractivity contribution in [2.45, 2.75) is 24.8 Å². The molecule has 5 rings (SSSR count). The van der Waals surface area contributed by atoms with Gasteiger partial charge in [0.25, 0.3) is 0 Å². The molecule has 2 N–H and O–H groups in total. The topological polar surface area (TPSA) is 54.3 Å². The largest absolute Gasteiger partial charge is 0.469 e. The van der Waals surface area contributed by atoms with Gasteiger partial charge in [-0.2, -0.15) is 0 Å². The van der Waals surface area contributed by atoms with Crippen molar-refractivity contribution < 1.29 is 9.21 Å². The van der Waals surface area contributed by atoms with E-state index in [1.165, 1.54) is 0 Å². The molecule has 1 aliphatic heterocycles. The molecule has 134 valence electrons. The summed E-state index contributed by atoms with van der Waals surface area (Å²) in [5.74, 6) is 1.11. The van der Waals surface area contributed by atoms with Crippen LogP contribution in [0.3, 0.4) is 0 Å². The summed E-state index contributed by atoms with van der Waals surface area (Å²) in [4.78, 5) is 13.2. The summed E-state index contributed by atoms with van der Waals surface area (Å²) in [5, 5.41) is 7.13. The van der Waals surface area contributed by atoms with Crippen LogP contribution in [0, 0.1) is 0 Å². The van der Waals surface area contributed by atoms with E-state index in [1.54, 1.807) is 6.26 Å². The monoisotopic (exact) mass is 356 g/mol. The third kappa shape index (κ3) is 2.83. The number of anilines is 2. The Labute approximate surface area is 157 Å². The fraction of sp³-hybridized carbons (Fsp3) is 0.174. The summed E-state index contributed by atoms with van der Waals surface area (Å²) in [5.41, 5.74) is 4.91. The van der Waals surface area contributed by atoms with E-state index < -0.39 is 0 Å². The van der Waals surface area contributed by atoms with E-state index in [-0.39, 0.29) is 17.7 Å². The second-order valence-electron chi connectivity index (χ2n) is 7.09. The summed E-state index contributed by atoms with van der Waals surface area (Å²) in [6.45, 7) is 0. The van der Waals surface area contributed by atoms with Gasteiger partial charge in [0, 0.05) is 23.6 Å². The lowest BCUT2D eigenvalue weighted by Crippen LogP contribution is -2.26. The number of Topliss-reactive ketones (excluding diaryl/α,β-unsaturated/α-hetero) is 1. The smallest absolute Gasteiger partial charge is 0.163 e. The molecule has 2 aromatic carbocycles. The SMILES string of the molecule is O=C1C[C@H](c2ccco2)CC2=C1[C@@H](c1ccccc1)Nc1ccccc1N2. The Morgan fingerprint density at radius 2 is 1.63 bits per heavy atom. The first-order valence-electron chi connectivity index (χ1n) is 9.27. The number of furan rings is 1. The van der Waals surface area contributed by atoms with Gasteiger partial charge in [0.2, 0.25) is 0 Å². The molecule has 0 amide bonds. The van der Waals surface area contributed by atoms with Crippen molar-refractivity contribution >= 4 is 17.2 Å². The van der Waals surface area contributed by atoms with Gasteiger partial charge in [-0.05, 0) is 36.2 Å². The van der Waals surface area contributed by atoms with Crippen LogP contribution in [-0.2, 0) is 4.79 Å². The van der Waals surface area contributed by atoms with Crippen LogP contribution in [-0.4, -0.2) is 5.78 Å². The van der Waals surface area contributed by atoms with Gasteiger partial charge in [0.1, 0.15) is 5.76 Å². The van der Waals surface area contributed by atoms with E-state index in [1.807, 2.05) is 54.6 Å². The maximum Gasteiger partial charge on any atom is 0.163 e. The molecule has 27 heavy (non-hydrogen) atoms. The van der Waals surface area contributed by atoms with E-state index in [0.29, 0.717) is 6.42 Å². The van der Waals surface area contributed by atoms with Crippen LogP contribution in [0.1, 0.15) is 36.1 Å². The molecule has 0 fully saturated rings. The second kappa shape index (κ2) is 6.47. The minimum Gasteiger partial charge on any atom is -0.469 e. The number of fused-ring (bicyclic) bond motifs is 1. The molecule has 0 radical (unpaired) electrons. The van der Waals surface area contributed by atoms with Crippen molar-refractivity contribution in [3.8, 4) is 0 Å². The minimum atomic E-state index is -0.164. The van der Waals surface area contributed by atoms with Crippen molar-refractivity contribution in [2.24, 2.45) is 0 Å². The number of carbonyl (C=O) groups is 1. The number of rotatable bonds is 2. The van der Waals surface area contributed by atoms with Crippen molar-refractivity contribution in [2.75, 3.05) is 10.6 Å². The van der Waals surface area contributed by atoms with E-state index in [4.69, 9.17) is 4.42 Å². The first kappa shape index (κ1) is 15.9. The number of hydrogen-bond acceptors (Lipinski definition) is 4. The molecule has 2 atom stereocenters. The highest BCUT2D eigenvalue weighted by molar-refractivity contribution is 6.01. The molecule has 2 heterocycles. The van der Waals surface area contributed by atoms with Crippen LogP contribution in [0.25, 0.3) is 0 Å². The number of ketones is 1. The normalized spacial score (nSPS) is 21.6. The highest BCUT2D eigenvalue weighted by Gasteiger charge is 2.36. The molecule has 1 aliphatic carbocycles. The summed E-state index contributed by atoms with van der Waals surface area (Å²) in [6.07, 6.45) is 2.90. The molecule has 1 aromatic heterocycles. The molecule has 2 aliphatic rings. The van der Waals surface area contributed by atoms with Crippen LogP contribution in [0.15, 0.2) is 88.7 Å². The molecule has 0 saturated heterocycles. The summed E-state index contributed by atoms with van der Waals surface area (Å²) in [6, 6.07) is 21.9.